The average molecular weight is 363 g/mol. The van der Waals surface area contributed by atoms with Crippen molar-refractivity contribution in [1.82, 2.24) is 24.9 Å². The van der Waals surface area contributed by atoms with Gasteiger partial charge in [0.05, 0.1) is 10.6 Å². The maximum absolute atomic E-state index is 12.6. The Morgan fingerprint density at radius 2 is 2.00 bits per heavy atom. The molecule has 0 bridgehead atoms. The van der Waals surface area contributed by atoms with E-state index in [9.17, 15) is 19.7 Å². The van der Waals surface area contributed by atoms with Crippen LogP contribution in [0, 0.1) is 24.0 Å². The van der Waals surface area contributed by atoms with Crippen LogP contribution in [-0.2, 0) is 11.3 Å². The summed E-state index contributed by atoms with van der Waals surface area (Å²) >= 11 is 0. The van der Waals surface area contributed by atoms with Crippen LogP contribution >= 0.6 is 0 Å². The van der Waals surface area contributed by atoms with E-state index in [0.717, 1.165) is 0 Å². The number of rotatable bonds is 6. The second kappa shape index (κ2) is 7.33. The zero-order valence-electron chi connectivity index (χ0n) is 15.2. The van der Waals surface area contributed by atoms with E-state index in [-0.39, 0.29) is 28.5 Å². The summed E-state index contributed by atoms with van der Waals surface area (Å²) in [5.41, 5.74) is 0.755. The predicted molar refractivity (Wildman–Crippen MR) is 93.0 cm³/mol. The highest BCUT2D eigenvalue weighted by molar-refractivity contribution is 6.02. The van der Waals surface area contributed by atoms with Crippen molar-refractivity contribution in [3.63, 3.8) is 0 Å². The Hall–Kier alpha value is -3.24. The lowest BCUT2D eigenvalue weighted by Gasteiger charge is -2.13. The Morgan fingerprint density at radius 3 is 2.50 bits per heavy atom. The van der Waals surface area contributed by atoms with Gasteiger partial charge in [0, 0.05) is 19.8 Å². The topological polar surface area (TPSA) is 137 Å². The summed E-state index contributed by atoms with van der Waals surface area (Å²) in [6.07, 6.45) is 1.55. The molecule has 0 aliphatic heterocycles. The first-order valence-electron chi connectivity index (χ1n) is 8.01. The maximum Gasteiger partial charge on any atom is 0.312 e. The van der Waals surface area contributed by atoms with E-state index in [1.807, 2.05) is 6.92 Å². The Balaban J connectivity index is 2.31. The van der Waals surface area contributed by atoms with Crippen LogP contribution in [-0.4, -0.2) is 43.3 Å². The number of carbonyl (C=O) groups excluding carboxylic acids is 2. The van der Waals surface area contributed by atoms with Crippen molar-refractivity contribution >= 4 is 23.2 Å². The van der Waals surface area contributed by atoms with Gasteiger partial charge in [-0.25, -0.2) is 0 Å². The molecule has 140 valence electrons. The van der Waals surface area contributed by atoms with Gasteiger partial charge in [-0.05, 0) is 27.7 Å². The molecule has 1 atom stereocenters. The molecule has 2 heterocycles. The summed E-state index contributed by atoms with van der Waals surface area (Å²) in [4.78, 5) is 35.1. The molecule has 11 nitrogen and oxygen atoms in total. The molecule has 0 radical (unpaired) electrons. The molecule has 2 rings (SSSR count). The van der Waals surface area contributed by atoms with Gasteiger partial charge in [-0.1, -0.05) is 0 Å². The fourth-order valence-electron chi connectivity index (χ4n) is 2.60. The SMILES string of the molecule is CCn1cc(NC(=O)C(C)n2nc(C)c([N+](=O)[O-])c2C)c(C(=O)NC)n1. The van der Waals surface area contributed by atoms with Crippen molar-refractivity contribution in [3.8, 4) is 0 Å². The smallest absolute Gasteiger partial charge is 0.312 e. The van der Waals surface area contributed by atoms with Crippen LogP contribution in [0.4, 0.5) is 11.4 Å². The second-order valence-corrected chi connectivity index (χ2v) is 5.71. The molecular formula is C15H21N7O4. The van der Waals surface area contributed by atoms with E-state index in [0.29, 0.717) is 6.54 Å². The van der Waals surface area contributed by atoms with E-state index in [2.05, 4.69) is 20.8 Å². The molecule has 26 heavy (non-hydrogen) atoms. The number of nitrogens with zero attached hydrogens (tertiary/aromatic N) is 5. The summed E-state index contributed by atoms with van der Waals surface area (Å²) in [5.74, 6) is -0.895. The summed E-state index contributed by atoms with van der Waals surface area (Å²) in [5, 5.41) is 24.5. The number of aryl methyl sites for hydroxylation is 2. The predicted octanol–water partition coefficient (Wildman–Crippen LogP) is 1.18. The van der Waals surface area contributed by atoms with Crippen LogP contribution in [0.5, 0.6) is 0 Å². The number of aromatic nitrogens is 4. The summed E-state index contributed by atoms with van der Waals surface area (Å²) in [7, 11) is 1.47. The number of nitro groups is 1. The minimum absolute atomic E-state index is 0.0919. The quantitative estimate of drug-likeness (QED) is 0.584. The third-order valence-electron chi connectivity index (χ3n) is 4.00. The number of carbonyl (C=O) groups is 2. The minimum Gasteiger partial charge on any atom is -0.354 e. The van der Waals surface area contributed by atoms with Crippen LogP contribution in [0.1, 0.15) is 41.8 Å². The summed E-state index contributed by atoms with van der Waals surface area (Å²) in [6, 6.07) is -0.815. The third kappa shape index (κ3) is 3.41. The molecule has 2 N–H and O–H groups in total. The van der Waals surface area contributed by atoms with Crippen LogP contribution in [0.2, 0.25) is 0 Å². The summed E-state index contributed by atoms with van der Waals surface area (Å²) < 4.78 is 2.83. The number of nitrogens with one attached hydrogen (secondary N) is 2. The van der Waals surface area contributed by atoms with E-state index in [1.165, 1.54) is 30.3 Å². The number of hydrogen-bond donors (Lipinski definition) is 2. The van der Waals surface area contributed by atoms with Crippen LogP contribution in [0.15, 0.2) is 6.20 Å². The average Bonchev–Trinajstić information content (AvgIpc) is 3.13. The number of hydrogen-bond acceptors (Lipinski definition) is 6. The lowest BCUT2D eigenvalue weighted by atomic mass is 10.2. The summed E-state index contributed by atoms with van der Waals surface area (Å²) in [6.45, 7) is 7.00. The van der Waals surface area contributed by atoms with Gasteiger partial charge in [-0.2, -0.15) is 10.2 Å². The molecular weight excluding hydrogens is 342 g/mol. The van der Waals surface area contributed by atoms with Gasteiger partial charge < -0.3 is 10.6 Å². The van der Waals surface area contributed by atoms with Crippen molar-refractivity contribution in [2.45, 2.75) is 40.3 Å². The fourth-order valence-corrected chi connectivity index (χ4v) is 2.60. The molecule has 2 aromatic heterocycles. The molecule has 0 aromatic carbocycles. The molecule has 0 spiro atoms. The van der Waals surface area contributed by atoms with E-state index < -0.39 is 22.8 Å². The Morgan fingerprint density at radius 1 is 1.35 bits per heavy atom. The normalized spacial score (nSPS) is 11.9. The third-order valence-corrected chi connectivity index (χ3v) is 4.00. The van der Waals surface area contributed by atoms with Gasteiger partial charge in [-0.15, -0.1) is 0 Å². The lowest BCUT2D eigenvalue weighted by Crippen LogP contribution is -2.27. The van der Waals surface area contributed by atoms with Gasteiger partial charge >= 0.3 is 5.69 Å². The highest BCUT2D eigenvalue weighted by atomic mass is 16.6. The maximum atomic E-state index is 12.6. The van der Waals surface area contributed by atoms with E-state index >= 15 is 0 Å². The van der Waals surface area contributed by atoms with Crippen LogP contribution in [0.25, 0.3) is 0 Å². The first-order valence-corrected chi connectivity index (χ1v) is 8.01. The monoisotopic (exact) mass is 363 g/mol. The molecule has 0 aliphatic rings. The minimum atomic E-state index is -0.815. The molecule has 2 aromatic rings. The molecule has 0 saturated heterocycles. The van der Waals surface area contributed by atoms with E-state index in [4.69, 9.17) is 0 Å². The highest BCUT2D eigenvalue weighted by Crippen LogP contribution is 2.25. The van der Waals surface area contributed by atoms with Gasteiger partial charge in [0.25, 0.3) is 5.91 Å². The highest BCUT2D eigenvalue weighted by Gasteiger charge is 2.28. The van der Waals surface area contributed by atoms with Crippen molar-refractivity contribution in [1.29, 1.82) is 0 Å². The zero-order chi connectivity index (χ0) is 19.6. The van der Waals surface area contributed by atoms with Crippen molar-refractivity contribution < 1.29 is 14.5 Å². The number of anilines is 1. The first kappa shape index (κ1) is 19.1. The Bertz CT molecular complexity index is 868. The largest absolute Gasteiger partial charge is 0.354 e. The van der Waals surface area contributed by atoms with Gasteiger partial charge in [0.2, 0.25) is 5.91 Å². The lowest BCUT2D eigenvalue weighted by molar-refractivity contribution is -0.386. The van der Waals surface area contributed by atoms with Crippen LogP contribution < -0.4 is 10.6 Å². The molecule has 1 unspecified atom stereocenters. The molecule has 0 fully saturated rings. The van der Waals surface area contributed by atoms with Crippen molar-refractivity contribution in [2.75, 3.05) is 12.4 Å². The molecule has 2 amide bonds. The van der Waals surface area contributed by atoms with Crippen molar-refractivity contribution in [2.24, 2.45) is 0 Å². The molecule has 0 saturated carbocycles. The molecule has 11 heteroatoms. The van der Waals surface area contributed by atoms with Gasteiger partial charge in [-0.3, -0.25) is 29.1 Å². The van der Waals surface area contributed by atoms with E-state index in [1.54, 1.807) is 13.1 Å². The number of amides is 2. The van der Waals surface area contributed by atoms with Crippen LogP contribution in [0.3, 0.4) is 0 Å². The van der Waals surface area contributed by atoms with Crippen molar-refractivity contribution in [3.05, 3.63) is 33.4 Å². The first-order chi connectivity index (χ1) is 12.2. The Kier molecular flexibility index (Phi) is 5.38. The standard InChI is InChI=1S/C15H21N7O4/c1-6-20-7-11(12(19-20)15(24)16-5)17-14(23)10(4)21-9(3)13(22(25)26)8(2)18-21/h7,10H,6H2,1-5H3,(H,16,24)(H,17,23). The zero-order valence-corrected chi connectivity index (χ0v) is 15.2. The fraction of sp³-hybridized carbons (Fsp3) is 0.467. The second-order valence-electron chi connectivity index (χ2n) is 5.71. The Labute approximate surface area is 149 Å². The molecule has 0 aliphatic carbocycles. The van der Waals surface area contributed by atoms with Gasteiger partial charge in [0.15, 0.2) is 5.69 Å². The van der Waals surface area contributed by atoms with Gasteiger partial charge in [0.1, 0.15) is 17.4 Å².